The molecule has 0 saturated heterocycles. The van der Waals surface area contributed by atoms with Crippen molar-refractivity contribution in [3.8, 4) is 5.75 Å². The Balaban J connectivity index is 2.80. The SMILES string of the molecule is CCOC(=O)C(F)[C@@H](N)c1cccc(OC)c1. The van der Waals surface area contributed by atoms with Crippen LogP contribution in [-0.4, -0.2) is 25.9 Å². The van der Waals surface area contributed by atoms with Crippen molar-refractivity contribution < 1.29 is 18.7 Å². The smallest absolute Gasteiger partial charge is 0.342 e. The summed E-state index contributed by atoms with van der Waals surface area (Å²) in [7, 11) is 1.50. The van der Waals surface area contributed by atoms with E-state index < -0.39 is 18.2 Å². The predicted molar refractivity (Wildman–Crippen MR) is 61.5 cm³/mol. The van der Waals surface area contributed by atoms with Gasteiger partial charge in [-0.05, 0) is 24.6 Å². The van der Waals surface area contributed by atoms with E-state index in [0.717, 1.165) is 0 Å². The Hall–Kier alpha value is -1.62. The molecule has 0 radical (unpaired) electrons. The first-order valence-corrected chi connectivity index (χ1v) is 5.30. The number of nitrogens with two attached hydrogens (primary N) is 1. The van der Waals surface area contributed by atoms with Crippen LogP contribution >= 0.6 is 0 Å². The average molecular weight is 241 g/mol. The summed E-state index contributed by atoms with van der Waals surface area (Å²) in [5.41, 5.74) is 6.15. The summed E-state index contributed by atoms with van der Waals surface area (Å²) < 4.78 is 23.2. The fourth-order valence-electron chi connectivity index (χ4n) is 1.39. The number of hydrogen-bond donors (Lipinski definition) is 1. The van der Waals surface area contributed by atoms with Gasteiger partial charge in [-0.1, -0.05) is 12.1 Å². The molecule has 1 unspecified atom stereocenters. The van der Waals surface area contributed by atoms with E-state index in [1.165, 1.54) is 7.11 Å². The molecule has 1 rings (SSSR count). The van der Waals surface area contributed by atoms with E-state index >= 15 is 0 Å². The van der Waals surface area contributed by atoms with E-state index in [9.17, 15) is 9.18 Å². The van der Waals surface area contributed by atoms with E-state index in [-0.39, 0.29) is 6.61 Å². The molecule has 4 nitrogen and oxygen atoms in total. The normalized spacial score (nSPS) is 13.9. The number of hydrogen-bond acceptors (Lipinski definition) is 4. The van der Waals surface area contributed by atoms with Gasteiger partial charge in [0.2, 0.25) is 6.17 Å². The number of methoxy groups -OCH3 is 1. The van der Waals surface area contributed by atoms with Gasteiger partial charge in [0.15, 0.2) is 0 Å². The van der Waals surface area contributed by atoms with Crippen LogP contribution in [-0.2, 0) is 9.53 Å². The third kappa shape index (κ3) is 3.42. The highest BCUT2D eigenvalue weighted by atomic mass is 19.1. The molecule has 2 N–H and O–H groups in total. The van der Waals surface area contributed by atoms with Crippen molar-refractivity contribution in [2.75, 3.05) is 13.7 Å². The van der Waals surface area contributed by atoms with Gasteiger partial charge in [0.1, 0.15) is 5.75 Å². The molecule has 0 fully saturated rings. The van der Waals surface area contributed by atoms with Gasteiger partial charge in [0.05, 0.1) is 19.8 Å². The van der Waals surface area contributed by atoms with Crippen LogP contribution in [0.4, 0.5) is 4.39 Å². The molecule has 0 bridgehead atoms. The molecule has 0 aliphatic carbocycles. The Morgan fingerprint density at radius 3 is 2.82 bits per heavy atom. The molecule has 94 valence electrons. The van der Waals surface area contributed by atoms with Crippen LogP contribution in [0, 0.1) is 0 Å². The molecule has 0 amide bonds. The topological polar surface area (TPSA) is 61.5 Å². The number of alkyl halides is 1. The minimum atomic E-state index is -1.87. The summed E-state index contributed by atoms with van der Waals surface area (Å²) in [6, 6.07) is 5.58. The Bertz CT molecular complexity index is 384. The number of rotatable bonds is 5. The molecular weight excluding hydrogens is 225 g/mol. The van der Waals surface area contributed by atoms with Crippen LogP contribution in [0.3, 0.4) is 0 Å². The maximum absolute atomic E-state index is 13.7. The van der Waals surface area contributed by atoms with Crippen LogP contribution < -0.4 is 10.5 Å². The van der Waals surface area contributed by atoms with Crippen LogP contribution in [0.15, 0.2) is 24.3 Å². The van der Waals surface area contributed by atoms with Crippen LogP contribution in [0.2, 0.25) is 0 Å². The maximum Gasteiger partial charge on any atom is 0.342 e. The van der Waals surface area contributed by atoms with Crippen molar-refractivity contribution in [2.45, 2.75) is 19.1 Å². The lowest BCUT2D eigenvalue weighted by atomic mass is 10.0. The van der Waals surface area contributed by atoms with Crippen molar-refractivity contribution in [3.05, 3.63) is 29.8 Å². The highest BCUT2D eigenvalue weighted by Gasteiger charge is 2.27. The average Bonchev–Trinajstić information content (AvgIpc) is 2.37. The lowest BCUT2D eigenvalue weighted by molar-refractivity contribution is -0.149. The van der Waals surface area contributed by atoms with Gasteiger partial charge in [-0.25, -0.2) is 9.18 Å². The van der Waals surface area contributed by atoms with Crippen LogP contribution in [0.5, 0.6) is 5.75 Å². The third-order valence-electron chi connectivity index (χ3n) is 2.31. The molecule has 0 aliphatic heterocycles. The molecule has 0 aromatic heterocycles. The quantitative estimate of drug-likeness (QED) is 0.795. The van der Waals surface area contributed by atoms with E-state index in [4.69, 9.17) is 10.5 Å². The number of esters is 1. The number of carbonyl (C=O) groups is 1. The molecule has 5 heteroatoms. The summed E-state index contributed by atoms with van der Waals surface area (Å²) in [5, 5.41) is 0. The lowest BCUT2D eigenvalue weighted by Crippen LogP contribution is -2.31. The van der Waals surface area contributed by atoms with Gasteiger partial charge in [-0.2, -0.15) is 0 Å². The zero-order chi connectivity index (χ0) is 12.8. The fraction of sp³-hybridized carbons (Fsp3) is 0.417. The van der Waals surface area contributed by atoms with Crippen molar-refractivity contribution in [1.82, 2.24) is 0 Å². The molecule has 2 atom stereocenters. The summed E-state index contributed by atoms with van der Waals surface area (Å²) in [6.07, 6.45) is -1.87. The molecule has 0 heterocycles. The second-order valence-electron chi connectivity index (χ2n) is 3.46. The lowest BCUT2D eigenvalue weighted by Gasteiger charge is -2.16. The maximum atomic E-state index is 13.7. The van der Waals surface area contributed by atoms with E-state index in [2.05, 4.69) is 4.74 Å². The third-order valence-corrected chi connectivity index (χ3v) is 2.31. The predicted octanol–water partition coefficient (Wildman–Crippen LogP) is 1.60. The molecular formula is C12H16FNO3. The molecule has 0 spiro atoms. The van der Waals surface area contributed by atoms with Crippen molar-refractivity contribution >= 4 is 5.97 Å². The Morgan fingerprint density at radius 2 is 2.24 bits per heavy atom. The second kappa shape index (κ2) is 6.20. The zero-order valence-corrected chi connectivity index (χ0v) is 9.85. The fourth-order valence-corrected chi connectivity index (χ4v) is 1.39. The number of ether oxygens (including phenoxy) is 2. The van der Waals surface area contributed by atoms with Gasteiger partial charge in [-0.15, -0.1) is 0 Å². The minimum Gasteiger partial charge on any atom is -0.497 e. The second-order valence-corrected chi connectivity index (χ2v) is 3.46. The summed E-state index contributed by atoms with van der Waals surface area (Å²) >= 11 is 0. The standard InChI is InChI=1S/C12H16FNO3/c1-3-17-12(15)10(13)11(14)8-5-4-6-9(7-8)16-2/h4-7,10-11H,3,14H2,1-2H3/t10?,11-/m0/s1. The van der Waals surface area contributed by atoms with E-state index in [0.29, 0.717) is 11.3 Å². The van der Waals surface area contributed by atoms with Gasteiger partial charge in [0, 0.05) is 0 Å². The number of halogens is 1. The molecule has 0 saturated carbocycles. The zero-order valence-electron chi connectivity index (χ0n) is 9.85. The molecule has 1 aromatic rings. The van der Waals surface area contributed by atoms with Crippen LogP contribution in [0.25, 0.3) is 0 Å². The summed E-state index contributed by atoms with van der Waals surface area (Å²) in [5.74, 6) is -0.378. The van der Waals surface area contributed by atoms with E-state index in [1.807, 2.05) is 0 Å². The van der Waals surface area contributed by atoms with Gasteiger partial charge in [0.25, 0.3) is 0 Å². The molecule has 0 aliphatic rings. The number of benzene rings is 1. The van der Waals surface area contributed by atoms with Crippen molar-refractivity contribution in [2.24, 2.45) is 5.73 Å². The first kappa shape index (κ1) is 13.4. The first-order chi connectivity index (χ1) is 8.10. The highest BCUT2D eigenvalue weighted by Crippen LogP contribution is 2.22. The Labute approximate surface area is 99.5 Å². The molecule has 17 heavy (non-hydrogen) atoms. The first-order valence-electron chi connectivity index (χ1n) is 5.30. The largest absolute Gasteiger partial charge is 0.497 e. The Kier molecular flexibility index (Phi) is 4.90. The van der Waals surface area contributed by atoms with Crippen molar-refractivity contribution in [3.63, 3.8) is 0 Å². The monoisotopic (exact) mass is 241 g/mol. The Morgan fingerprint density at radius 1 is 1.53 bits per heavy atom. The van der Waals surface area contributed by atoms with Gasteiger partial charge >= 0.3 is 5.97 Å². The minimum absolute atomic E-state index is 0.129. The van der Waals surface area contributed by atoms with Crippen LogP contribution in [0.1, 0.15) is 18.5 Å². The van der Waals surface area contributed by atoms with Gasteiger partial charge in [-0.3, -0.25) is 0 Å². The highest BCUT2D eigenvalue weighted by molar-refractivity contribution is 5.75. The van der Waals surface area contributed by atoms with E-state index in [1.54, 1.807) is 31.2 Å². The molecule has 1 aromatic carbocycles. The van der Waals surface area contributed by atoms with Crippen molar-refractivity contribution in [1.29, 1.82) is 0 Å². The number of carbonyl (C=O) groups excluding carboxylic acids is 1. The summed E-state index contributed by atoms with van der Waals surface area (Å²) in [4.78, 5) is 11.2. The summed E-state index contributed by atoms with van der Waals surface area (Å²) in [6.45, 7) is 1.74. The van der Waals surface area contributed by atoms with Gasteiger partial charge < -0.3 is 15.2 Å².